The molecule has 7 nitrogen and oxygen atoms in total. The third-order valence-corrected chi connectivity index (χ3v) is 7.51. The number of fused-ring (bicyclic) bond motifs is 2. The van der Waals surface area contributed by atoms with E-state index in [9.17, 15) is 0 Å². The molecule has 4 N–H and O–H groups in total. The Morgan fingerprint density at radius 3 is 2.51 bits per heavy atom. The Kier molecular flexibility index (Phi) is 8.14. The lowest BCUT2D eigenvalue weighted by molar-refractivity contribution is 0.358. The zero-order valence-corrected chi connectivity index (χ0v) is 22.4. The molecule has 1 aromatic carbocycles. The van der Waals surface area contributed by atoms with E-state index in [0.29, 0.717) is 23.5 Å². The topological polar surface area (TPSA) is 99.0 Å². The predicted octanol–water partition coefficient (Wildman–Crippen LogP) is 4.30. The molecule has 0 radical (unpaired) electrons. The van der Waals surface area contributed by atoms with Crippen LogP contribution in [-0.2, 0) is 12.0 Å². The summed E-state index contributed by atoms with van der Waals surface area (Å²) in [6.07, 6.45) is 9.48. The maximum Gasteiger partial charge on any atom is 0.191 e. The fourth-order valence-corrected chi connectivity index (χ4v) is 5.09. The van der Waals surface area contributed by atoms with E-state index >= 15 is 8.78 Å². The van der Waals surface area contributed by atoms with Crippen molar-refractivity contribution in [2.45, 2.75) is 43.7 Å². The molecule has 2 unspecified atom stereocenters. The summed E-state index contributed by atoms with van der Waals surface area (Å²) in [6.45, 7) is 4.98. The number of methoxy groups -OCH3 is 2. The van der Waals surface area contributed by atoms with Crippen molar-refractivity contribution in [1.82, 2.24) is 4.98 Å². The van der Waals surface area contributed by atoms with Crippen LogP contribution in [0.2, 0.25) is 0 Å². The highest BCUT2D eigenvalue weighted by Gasteiger charge is 2.53. The molecule has 4 rings (SSSR count). The molecule has 10 heteroatoms. The number of ether oxygens (including phenoxy) is 2. The SMILES string of the molecule is C=C1N(c2c(F)c(OC)cc(OC)c2F)Cc2cnc(C(C=NCC(N)CCCP)=CN)cc2C12CC2. The minimum Gasteiger partial charge on any atom is -0.493 e. The highest BCUT2D eigenvalue weighted by atomic mass is 31.0. The van der Waals surface area contributed by atoms with E-state index in [1.54, 1.807) is 17.3 Å². The molecule has 0 amide bonds. The number of allylic oxidation sites excluding steroid dienone is 2. The lowest BCUT2D eigenvalue weighted by atomic mass is 9.84. The molecule has 1 aromatic heterocycles. The molecule has 2 heterocycles. The van der Waals surface area contributed by atoms with Crippen molar-refractivity contribution in [2.24, 2.45) is 16.5 Å². The van der Waals surface area contributed by atoms with Gasteiger partial charge in [-0.25, -0.2) is 8.78 Å². The highest BCUT2D eigenvalue weighted by Crippen LogP contribution is 2.59. The Balaban J connectivity index is 1.66. The number of hydrogen-bond donors (Lipinski definition) is 2. The molecule has 0 saturated heterocycles. The standard InChI is InChI=1S/C27H34F2N5O2P/c1-16-27(6-7-27)20-9-21(17(11-30)12-32-14-19(31)5-4-8-37)33-13-18(20)15-34(16)26-24(28)22(35-2)10-23(36-3)25(26)29/h9-13,19H,1,4-8,14-15,30-31,37H2,2-3H3. The summed E-state index contributed by atoms with van der Waals surface area (Å²) >= 11 is 0. The van der Waals surface area contributed by atoms with Crippen LogP contribution in [0.3, 0.4) is 0 Å². The number of aromatic nitrogens is 1. The third kappa shape index (κ3) is 5.07. The normalized spacial score (nSPS) is 17.3. The van der Waals surface area contributed by atoms with Crippen LogP contribution in [0.15, 0.2) is 41.8 Å². The van der Waals surface area contributed by atoms with Crippen molar-refractivity contribution in [2.75, 3.05) is 31.8 Å². The Bertz CT molecular complexity index is 1220. The van der Waals surface area contributed by atoms with Crippen LogP contribution in [0.1, 0.15) is 42.5 Å². The minimum atomic E-state index is -0.800. The second kappa shape index (κ2) is 11.2. The first-order chi connectivity index (χ1) is 17.8. The number of rotatable bonds is 10. The van der Waals surface area contributed by atoms with Crippen molar-refractivity contribution < 1.29 is 18.3 Å². The van der Waals surface area contributed by atoms with Gasteiger partial charge >= 0.3 is 0 Å². The maximum atomic E-state index is 15.4. The Morgan fingerprint density at radius 2 is 1.95 bits per heavy atom. The van der Waals surface area contributed by atoms with Gasteiger partial charge in [0.2, 0.25) is 0 Å². The monoisotopic (exact) mass is 529 g/mol. The van der Waals surface area contributed by atoms with E-state index in [0.717, 1.165) is 43.0 Å². The quantitative estimate of drug-likeness (QED) is 0.352. The number of anilines is 1. The number of halogens is 2. The van der Waals surface area contributed by atoms with E-state index in [2.05, 4.69) is 25.8 Å². The summed E-state index contributed by atoms with van der Waals surface area (Å²) in [4.78, 5) is 10.7. The fourth-order valence-electron chi connectivity index (χ4n) is 4.85. The van der Waals surface area contributed by atoms with Gasteiger partial charge in [0.15, 0.2) is 23.1 Å². The number of nitrogens with two attached hydrogens (primary N) is 2. The second-order valence-corrected chi connectivity index (χ2v) is 9.98. The Morgan fingerprint density at radius 1 is 1.27 bits per heavy atom. The van der Waals surface area contributed by atoms with Crippen molar-refractivity contribution in [3.63, 3.8) is 0 Å². The summed E-state index contributed by atoms with van der Waals surface area (Å²) in [5, 5.41) is 0. The van der Waals surface area contributed by atoms with Gasteiger partial charge in [0.1, 0.15) is 5.69 Å². The van der Waals surface area contributed by atoms with Gasteiger partial charge in [0.25, 0.3) is 0 Å². The van der Waals surface area contributed by atoms with Crippen molar-refractivity contribution in [1.29, 1.82) is 0 Å². The van der Waals surface area contributed by atoms with Crippen molar-refractivity contribution in [3.8, 4) is 11.5 Å². The van der Waals surface area contributed by atoms with Gasteiger partial charge in [-0.15, -0.1) is 9.24 Å². The summed E-state index contributed by atoms with van der Waals surface area (Å²) < 4.78 is 41.0. The van der Waals surface area contributed by atoms with Crippen LogP contribution in [0.4, 0.5) is 14.5 Å². The molecule has 2 atom stereocenters. The number of benzene rings is 1. The average molecular weight is 530 g/mol. The number of pyridine rings is 1. The van der Waals surface area contributed by atoms with Gasteiger partial charge in [-0.1, -0.05) is 6.58 Å². The first-order valence-corrected chi connectivity index (χ1v) is 13.1. The molecule has 1 spiro atoms. The van der Waals surface area contributed by atoms with Crippen LogP contribution in [0, 0.1) is 11.6 Å². The molecule has 1 aliphatic heterocycles. The number of hydrogen-bond acceptors (Lipinski definition) is 7. The van der Waals surface area contributed by atoms with Gasteiger partial charge in [-0.05, 0) is 49.0 Å². The zero-order chi connectivity index (χ0) is 26.7. The first kappa shape index (κ1) is 27.0. The van der Waals surface area contributed by atoms with E-state index in [4.69, 9.17) is 20.9 Å². The largest absolute Gasteiger partial charge is 0.493 e. The van der Waals surface area contributed by atoms with Crippen molar-refractivity contribution >= 4 is 26.7 Å². The first-order valence-electron chi connectivity index (χ1n) is 12.2. The molecular formula is C27H34F2N5O2P. The van der Waals surface area contributed by atoms with Crippen LogP contribution < -0.4 is 25.8 Å². The molecule has 1 saturated carbocycles. The highest BCUT2D eigenvalue weighted by molar-refractivity contribution is 7.16. The van der Waals surface area contributed by atoms with E-state index in [1.807, 2.05) is 6.07 Å². The molecule has 198 valence electrons. The molecule has 1 aliphatic carbocycles. The second-order valence-electron chi connectivity index (χ2n) is 9.41. The Hall–Kier alpha value is -3.03. The van der Waals surface area contributed by atoms with Gasteiger partial charge in [-0.3, -0.25) is 9.98 Å². The van der Waals surface area contributed by atoms with Crippen LogP contribution in [0.5, 0.6) is 11.5 Å². The lowest BCUT2D eigenvalue weighted by Crippen LogP contribution is -2.36. The minimum absolute atomic E-state index is 0.00705. The Labute approximate surface area is 218 Å². The van der Waals surface area contributed by atoms with Gasteiger partial charge < -0.3 is 25.8 Å². The van der Waals surface area contributed by atoms with Crippen molar-refractivity contribution in [3.05, 3.63) is 65.3 Å². The lowest BCUT2D eigenvalue weighted by Gasteiger charge is -2.39. The molecule has 2 aromatic rings. The van der Waals surface area contributed by atoms with Gasteiger partial charge in [-0.2, -0.15) is 0 Å². The number of nitrogens with zero attached hydrogens (tertiary/aromatic N) is 3. The summed E-state index contributed by atoms with van der Waals surface area (Å²) in [7, 11) is 5.36. The average Bonchev–Trinajstić information content (AvgIpc) is 3.70. The molecule has 37 heavy (non-hydrogen) atoms. The molecular weight excluding hydrogens is 495 g/mol. The summed E-state index contributed by atoms with van der Waals surface area (Å²) in [5.41, 5.74) is 15.2. The van der Waals surface area contributed by atoms with E-state index < -0.39 is 17.0 Å². The van der Waals surface area contributed by atoms with Gasteiger partial charge in [0.05, 0.1) is 26.5 Å². The number of aliphatic imine (C=N–C) groups is 1. The molecule has 1 fully saturated rings. The van der Waals surface area contributed by atoms with E-state index in [-0.39, 0.29) is 29.8 Å². The van der Waals surface area contributed by atoms with Gasteiger partial charge in [0, 0.05) is 53.9 Å². The predicted molar refractivity (Wildman–Crippen MR) is 147 cm³/mol. The van der Waals surface area contributed by atoms with E-state index in [1.165, 1.54) is 26.5 Å². The smallest absolute Gasteiger partial charge is 0.191 e. The third-order valence-electron chi connectivity index (χ3n) is 7.10. The molecule has 0 bridgehead atoms. The van der Waals surface area contributed by atoms with Crippen LogP contribution in [-0.4, -0.2) is 44.2 Å². The fraction of sp³-hybridized carbons (Fsp3) is 0.407. The zero-order valence-electron chi connectivity index (χ0n) is 21.3. The molecule has 2 aliphatic rings. The van der Waals surface area contributed by atoms with Crippen LogP contribution in [0.25, 0.3) is 5.57 Å². The summed E-state index contributed by atoms with van der Waals surface area (Å²) in [6, 6.07) is 3.18. The maximum absolute atomic E-state index is 15.4. The van der Waals surface area contributed by atoms with Crippen LogP contribution >= 0.6 is 9.24 Å². The summed E-state index contributed by atoms with van der Waals surface area (Å²) in [5.74, 6) is -1.80.